The highest BCUT2D eigenvalue weighted by Crippen LogP contribution is 2.40. The van der Waals surface area contributed by atoms with Gasteiger partial charge >= 0.3 is 0 Å². The summed E-state index contributed by atoms with van der Waals surface area (Å²) in [5.41, 5.74) is 0.682. The number of nitrogens with zero attached hydrogens (tertiary/aromatic N) is 2. The molecule has 2 N–H and O–H groups in total. The number of nitrogens with one attached hydrogen (secondary N) is 2. The summed E-state index contributed by atoms with van der Waals surface area (Å²) in [6.07, 6.45) is 3.53. The summed E-state index contributed by atoms with van der Waals surface area (Å²) in [6, 6.07) is 1.46. The molecule has 1 saturated heterocycles. The first kappa shape index (κ1) is 16.2. The van der Waals surface area contributed by atoms with Crippen molar-refractivity contribution >= 4 is 10.2 Å². The molecule has 3 aliphatic rings. The lowest BCUT2D eigenvalue weighted by atomic mass is 9.78. The summed E-state index contributed by atoms with van der Waals surface area (Å²) in [5.74, 6) is 1.34. The third kappa shape index (κ3) is 3.39. The van der Waals surface area contributed by atoms with Gasteiger partial charge in [-0.2, -0.15) is 17.4 Å². The largest absolute Gasteiger partial charge is 0.379 e. The van der Waals surface area contributed by atoms with Crippen molar-refractivity contribution in [3.63, 3.8) is 0 Å². The molecule has 0 aromatic carbocycles. The first-order valence-corrected chi connectivity index (χ1v) is 9.91. The molecule has 0 unspecified atom stereocenters. The zero-order chi connectivity index (χ0) is 16.7. The van der Waals surface area contributed by atoms with Crippen molar-refractivity contribution in [2.45, 2.75) is 43.6 Å². The standard InChI is InChI=1S/C15H22N4O4S/c20-14-9-13(16-15(17-14)10-1-2-10)11-7-12(8-11)18-24(21,22)19-3-5-23-6-4-19/h9-12,18H,1-8H2,(H,16,17,20). The predicted octanol–water partition coefficient (Wildman–Crippen LogP) is 0.0599. The van der Waals surface area contributed by atoms with Crippen LogP contribution in [0.1, 0.15) is 49.0 Å². The van der Waals surface area contributed by atoms with E-state index in [9.17, 15) is 13.2 Å². The van der Waals surface area contributed by atoms with Crippen LogP contribution in [0, 0.1) is 0 Å². The van der Waals surface area contributed by atoms with Crippen LogP contribution >= 0.6 is 0 Å². The molecule has 24 heavy (non-hydrogen) atoms. The van der Waals surface area contributed by atoms with Crippen LogP contribution in [-0.4, -0.2) is 55.0 Å². The van der Waals surface area contributed by atoms with Crippen molar-refractivity contribution < 1.29 is 13.2 Å². The van der Waals surface area contributed by atoms with Crippen molar-refractivity contribution in [2.75, 3.05) is 26.3 Å². The second-order valence-electron chi connectivity index (χ2n) is 6.83. The number of morpholine rings is 1. The van der Waals surface area contributed by atoms with Gasteiger partial charge in [0, 0.05) is 37.0 Å². The molecular formula is C15H22N4O4S. The molecule has 2 aliphatic carbocycles. The molecule has 0 bridgehead atoms. The number of hydrogen-bond acceptors (Lipinski definition) is 5. The number of rotatable bonds is 5. The first-order chi connectivity index (χ1) is 11.5. The Morgan fingerprint density at radius 2 is 1.92 bits per heavy atom. The van der Waals surface area contributed by atoms with Crippen LogP contribution in [0.4, 0.5) is 0 Å². The topological polar surface area (TPSA) is 104 Å². The van der Waals surface area contributed by atoms with Gasteiger partial charge in [-0.05, 0) is 25.7 Å². The average Bonchev–Trinajstić information content (AvgIpc) is 3.35. The van der Waals surface area contributed by atoms with Gasteiger partial charge in [0.05, 0.1) is 18.9 Å². The van der Waals surface area contributed by atoms with Crippen LogP contribution in [0.15, 0.2) is 10.9 Å². The lowest BCUT2D eigenvalue weighted by molar-refractivity contribution is 0.0720. The number of ether oxygens (including phenoxy) is 1. The minimum absolute atomic E-state index is 0.0895. The van der Waals surface area contributed by atoms with Crippen molar-refractivity contribution in [2.24, 2.45) is 0 Å². The van der Waals surface area contributed by atoms with Gasteiger partial charge in [-0.3, -0.25) is 4.79 Å². The van der Waals surface area contributed by atoms with E-state index < -0.39 is 10.2 Å². The molecule has 0 spiro atoms. The first-order valence-electron chi connectivity index (χ1n) is 8.47. The zero-order valence-electron chi connectivity index (χ0n) is 13.4. The number of aromatic nitrogens is 2. The summed E-state index contributed by atoms with van der Waals surface area (Å²) >= 11 is 0. The summed E-state index contributed by atoms with van der Waals surface area (Å²) in [5, 5.41) is 0. The van der Waals surface area contributed by atoms with E-state index in [4.69, 9.17) is 4.74 Å². The summed E-state index contributed by atoms with van der Waals surface area (Å²) in [7, 11) is -3.45. The SMILES string of the molecule is O=c1cc(C2CC(NS(=O)(=O)N3CCOCC3)C2)nc(C2CC2)[nH]1. The molecule has 4 rings (SSSR count). The van der Waals surface area contributed by atoms with E-state index in [1.54, 1.807) is 6.07 Å². The van der Waals surface area contributed by atoms with Crippen molar-refractivity contribution in [1.82, 2.24) is 19.0 Å². The van der Waals surface area contributed by atoms with Gasteiger partial charge in [-0.15, -0.1) is 0 Å². The fraction of sp³-hybridized carbons (Fsp3) is 0.733. The van der Waals surface area contributed by atoms with E-state index in [1.807, 2.05) is 0 Å². The van der Waals surface area contributed by atoms with Crippen molar-refractivity contribution in [1.29, 1.82) is 0 Å². The Hall–Kier alpha value is -1.29. The summed E-state index contributed by atoms with van der Waals surface area (Å²) in [6.45, 7) is 1.67. The molecule has 0 amide bonds. The molecule has 1 aromatic rings. The van der Waals surface area contributed by atoms with E-state index in [2.05, 4.69) is 14.7 Å². The minimum atomic E-state index is -3.45. The molecule has 3 fully saturated rings. The fourth-order valence-electron chi connectivity index (χ4n) is 3.28. The molecule has 1 aliphatic heterocycles. The molecule has 0 atom stereocenters. The van der Waals surface area contributed by atoms with E-state index >= 15 is 0 Å². The second kappa shape index (κ2) is 6.21. The number of aromatic amines is 1. The van der Waals surface area contributed by atoms with Gasteiger partial charge in [-0.1, -0.05) is 0 Å². The van der Waals surface area contributed by atoms with E-state index in [0.29, 0.717) is 45.1 Å². The van der Waals surface area contributed by atoms with E-state index in [0.717, 1.165) is 24.4 Å². The maximum atomic E-state index is 12.3. The Labute approximate surface area is 140 Å². The monoisotopic (exact) mass is 354 g/mol. The summed E-state index contributed by atoms with van der Waals surface area (Å²) in [4.78, 5) is 19.2. The number of hydrogen-bond donors (Lipinski definition) is 2. The lowest BCUT2D eigenvalue weighted by Gasteiger charge is -2.37. The molecular weight excluding hydrogens is 332 g/mol. The van der Waals surface area contributed by atoms with Crippen LogP contribution in [0.3, 0.4) is 0 Å². The van der Waals surface area contributed by atoms with E-state index in [-0.39, 0.29) is 17.5 Å². The quantitative estimate of drug-likeness (QED) is 0.778. The van der Waals surface area contributed by atoms with Gasteiger partial charge in [0.15, 0.2) is 0 Å². The van der Waals surface area contributed by atoms with Crippen LogP contribution in [0.25, 0.3) is 0 Å². The highest BCUT2D eigenvalue weighted by atomic mass is 32.2. The average molecular weight is 354 g/mol. The van der Waals surface area contributed by atoms with Gasteiger partial charge in [0.25, 0.3) is 15.8 Å². The van der Waals surface area contributed by atoms with Gasteiger partial charge in [0.2, 0.25) is 0 Å². The molecule has 1 aromatic heterocycles. The maximum absolute atomic E-state index is 12.3. The third-order valence-electron chi connectivity index (χ3n) is 4.93. The highest BCUT2D eigenvalue weighted by molar-refractivity contribution is 7.87. The van der Waals surface area contributed by atoms with Crippen LogP contribution < -0.4 is 10.3 Å². The molecule has 9 heteroatoms. The predicted molar refractivity (Wildman–Crippen MR) is 87.0 cm³/mol. The minimum Gasteiger partial charge on any atom is -0.379 e. The molecule has 2 saturated carbocycles. The highest BCUT2D eigenvalue weighted by Gasteiger charge is 2.37. The van der Waals surface area contributed by atoms with Crippen LogP contribution in [0.2, 0.25) is 0 Å². The fourth-order valence-corrected chi connectivity index (χ4v) is 4.68. The molecule has 2 heterocycles. The van der Waals surface area contributed by atoms with E-state index in [1.165, 1.54) is 4.31 Å². The molecule has 132 valence electrons. The molecule has 0 radical (unpaired) electrons. The zero-order valence-corrected chi connectivity index (χ0v) is 14.2. The second-order valence-corrected chi connectivity index (χ2v) is 8.53. The van der Waals surface area contributed by atoms with Gasteiger partial charge in [-0.25, -0.2) is 4.98 Å². The van der Waals surface area contributed by atoms with Crippen LogP contribution in [-0.2, 0) is 14.9 Å². The van der Waals surface area contributed by atoms with Crippen molar-refractivity contribution in [3.05, 3.63) is 27.9 Å². The van der Waals surface area contributed by atoms with Gasteiger partial charge < -0.3 is 9.72 Å². The number of H-pyrrole nitrogens is 1. The Bertz CT molecular complexity index is 762. The molecule has 8 nitrogen and oxygen atoms in total. The summed E-state index contributed by atoms with van der Waals surface area (Å²) < 4.78 is 34.0. The normalized spacial score (nSPS) is 28.5. The Morgan fingerprint density at radius 1 is 1.21 bits per heavy atom. The Morgan fingerprint density at radius 3 is 2.58 bits per heavy atom. The third-order valence-corrected chi connectivity index (χ3v) is 6.60. The Balaban J connectivity index is 1.37. The lowest BCUT2D eigenvalue weighted by Crippen LogP contribution is -2.52. The maximum Gasteiger partial charge on any atom is 0.279 e. The van der Waals surface area contributed by atoms with Crippen molar-refractivity contribution in [3.8, 4) is 0 Å². The Kier molecular flexibility index (Phi) is 4.19. The van der Waals surface area contributed by atoms with Gasteiger partial charge in [0.1, 0.15) is 5.82 Å². The van der Waals surface area contributed by atoms with Crippen LogP contribution in [0.5, 0.6) is 0 Å². The smallest absolute Gasteiger partial charge is 0.279 e.